The van der Waals surface area contributed by atoms with Crippen LogP contribution in [0.15, 0.2) is 29.8 Å². The molecule has 1 aromatic heterocycles. The summed E-state index contributed by atoms with van der Waals surface area (Å²) in [6.07, 6.45) is 3.01. The van der Waals surface area contributed by atoms with E-state index in [1.807, 2.05) is 57.5 Å². The number of aromatic nitrogens is 1. The molecule has 0 radical (unpaired) electrons. The molecule has 3 rings (SSSR count). The second kappa shape index (κ2) is 10.0. The monoisotopic (exact) mass is 698 g/mol. The summed E-state index contributed by atoms with van der Waals surface area (Å²) in [5.74, 6) is -0.409. The maximum Gasteiger partial charge on any atom is 0.243 e. The Balaban J connectivity index is 0.00000363. The van der Waals surface area contributed by atoms with Gasteiger partial charge in [0, 0.05) is 13.1 Å². The molecule has 0 saturated carbocycles. The fraction of sp³-hybridized carbons (Fsp3) is 0.478. The molecular weight excluding hydrogens is 669 g/mol. The van der Waals surface area contributed by atoms with Crippen molar-refractivity contribution in [2.75, 3.05) is 6.54 Å². The summed E-state index contributed by atoms with van der Waals surface area (Å²) in [6, 6.07) is 6.80. The van der Waals surface area contributed by atoms with Gasteiger partial charge < -0.3 is 20.3 Å². The number of amides is 3. The van der Waals surface area contributed by atoms with Crippen molar-refractivity contribution in [3.05, 3.63) is 41.0 Å². The molecule has 2 unspecified atom stereocenters. The van der Waals surface area contributed by atoms with E-state index in [0.29, 0.717) is 19.5 Å². The zero-order chi connectivity index (χ0) is 22.6. The minimum absolute atomic E-state index is 0. The predicted octanol–water partition coefficient (Wildman–Crippen LogP) is 2.80. The Morgan fingerprint density at radius 3 is 2.53 bits per heavy atom. The van der Waals surface area contributed by atoms with Crippen LogP contribution in [0.4, 0.5) is 0 Å². The van der Waals surface area contributed by atoms with Gasteiger partial charge in [-0.05, 0) is 36.3 Å². The summed E-state index contributed by atoms with van der Waals surface area (Å²) in [5.41, 5.74) is 4.46. The Labute approximate surface area is 187 Å². The van der Waals surface area contributed by atoms with Gasteiger partial charge in [0.05, 0.1) is 22.1 Å². The van der Waals surface area contributed by atoms with E-state index in [0.717, 1.165) is 28.1 Å². The Hall–Kier alpha value is -3.74. The third-order valence-electron chi connectivity index (χ3n) is 5.58. The molecule has 2 heterocycles. The normalized spacial score (nSPS) is 16.8. The first-order valence-corrected chi connectivity index (χ1v) is 11.3. The first-order chi connectivity index (χ1) is 14.7. The number of aryl methyl sites for hydroxylation is 1. The summed E-state index contributed by atoms with van der Waals surface area (Å²) in [6.45, 7) is 8.52. The molecule has 7 nitrogen and oxygen atoms in total. The van der Waals surface area contributed by atoms with Crippen molar-refractivity contribution in [1.29, 1.82) is 0 Å². The van der Waals surface area contributed by atoms with Crippen LogP contribution in [0.25, 0.3) is 10.4 Å². The topological polar surface area (TPSA) is 91.4 Å². The molecule has 2 N–H and O–H groups in total. The maximum absolute atomic E-state index is 13.0. The smallest absolute Gasteiger partial charge is 0.243 e. The Bertz CT molecular complexity index is 939. The van der Waals surface area contributed by atoms with Gasteiger partial charge in [-0.2, -0.15) is 6.41 Å². The van der Waals surface area contributed by atoms with Gasteiger partial charge in [0.15, 0.2) is 0 Å². The Morgan fingerprint density at radius 2 is 1.97 bits per heavy atom. The van der Waals surface area contributed by atoms with Crippen LogP contribution in [-0.2, 0) is 20.9 Å². The van der Waals surface area contributed by atoms with E-state index in [4.69, 9.17) is 0 Å². The molecule has 9 heteroatoms. The van der Waals surface area contributed by atoms with E-state index < -0.39 is 17.5 Å². The molecular formula is C23H29FmN4O3S-. The summed E-state index contributed by atoms with van der Waals surface area (Å²) in [4.78, 5) is 43.8. The molecule has 1 aliphatic rings. The van der Waals surface area contributed by atoms with Gasteiger partial charge in [-0.15, -0.1) is 11.3 Å². The number of rotatable bonds is 7. The van der Waals surface area contributed by atoms with Gasteiger partial charge in [0.2, 0.25) is 11.8 Å². The number of carbonyl (C=O) groups is 2. The van der Waals surface area contributed by atoms with Gasteiger partial charge in [0.25, 0.3) is 0 Å². The molecule has 3 amide bonds. The molecule has 178 valence electrons. The molecule has 2 aromatic rings. The SMILES string of the molecule is Cc1ncsc1-c1ccc(CNC(=O)C2CCCN2C(=O)C(N[C-]=O)C(C)(C)C)cc1.[Fm]. The van der Waals surface area contributed by atoms with Gasteiger partial charge in [-0.25, -0.2) is 4.98 Å². The van der Waals surface area contributed by atoms with Crippen molar-refractivity contribution in [2.24, 2.45) is 5.41 Å². The van der Waals surface area contributed by atoms with E-state index in [1.54, 1.807) is 22.6 Å². The van der Waals surface area contributed by atoms with Crippen molar-refractivity contribution in [1.82, 2.24) is 20.5 Å². The van der Waals surface area contributed by atoms with Crippen LogP contribution in [0.2, 0.25) is 0 Å². The van der Waals surface area contributed by atoms with E-state index in [9.17, 15) is 14.4 Å². The fourth-order valence-corrected chi connectivity index (χ4v) is 4.65. The van der Waals surface area contributed by atoms with Crippen molar-refractivity contribution in [2.45, 2.75) is 59.2 Å². The average molecular weight is 699 g/mol. The molecule has 0 spiro atoms. The molecule has 1 aromatic carbocycles. The van der Waals surface area contributed by atoms with Crippen molar-refractivity contribution in [3.8, 4) is 10.4 Å². The minimum atomic E-state index is -0.721. The number of thiazole rings is 1. The van der Waals surface area contributed by atoms with E-state index in [-0.39, 0.29) is 11.8 Å². The molecule has 0 aliphatic carbocycles. The molecule has 2 atom stereocenters. The molecule has 32 heavy (non-hydrogen) atoms. The van der Waals surface area contributed by atoms with Crippen LogP contribution < -0.4 is 10.6 Å². The van der Waals surface area contributed by atoms with Crippen LogP contribution in [0.3, 0.4) is 0 Å². The van der Waals surface area contributed by atoms with Crippen LogP contribution in [0.5, 0.6) is 0 Å². The third-order valence-corrected chi connectivity index (χ3v) is 6.56. The second-order valence-electron chi connectivity index (χ2n) is 8.92. The Kier molecular flexibility index (Phi) is 7.70. The predicted molar refractivity (Wildman–Crippen MR) is 121 cm³/mol. The van der Waals surface area contributed by atoms with Crippen molar-refractivity contribution >= 4 is 29.6 Å². The van der Waals surface area contributed by atoms with Gasteiger partial charge >= 0.3 is 0 Å². The van der Waals surface area contributed by atoms with Crippen molar-refractivity contribution < 1.29 is 14.4 Å². The summed E-state index contributed by atoms with van der Waals surface area (Å²) < 4.78 is 0. The fourth-order valence-electron chi connectivity index (χ4n) is 3.84. The first kappa shape index (κ1) is 24.5. The summed E-state index contributed by atoms with van der Waals surface area (Å²) in [7, 11) is 0. The number of nitrogens with zero attached hydrogens (tertiary/aromatic N) is 2. The van der Waals surface area contributed by atoms with Crippen molar-refractivity contribution in [3.63, 3.8) is 0 Å². The van der Waals surface area contributed by atoms with E-state index in [2.05, 4.69) is 15.6 Å². The van der Waals surface area contributed by atoms with Gasteiger partial charge in [-0.3, -0.25) is 9.59 Å². The van der Waals surface area contributed by atoms with Crippen LogP contribution in [-0.4, -0.2) is 46.7 Å². The molecule has 1 aliphatic heterocycles. The second-order valence-corrected chi connectivity index (χ2v) is 9.77. The average Bonchev–Trinajstić information content (AvgIpc) is 3.38. The number of hydrogen-bond donors (Lipinski definition) is 2. The number of likely N-dealkylation sites (tertiary alicyclic amines) is 1. The zero-order valence-electron chi connectivity index (χ0n) is 18.7. The van der Waals surface area contributed by atoms with Gasteiger partial charge in [-0.1, -0.05) is 45.0 Å². The third kappa shape index (κ3) is 5.29. The first-order valence-electron chi connectivity index (χ1n) is 10.4. The van der Waals surface area contributed by atoms with E-state index >= 15 is 0 Å². The number of nitrogens with one attached hydrogen (secondary N) is 2. The maximum atomic E-state index is 13.0. The minimum Gasteiger partial charge on any atom is -0.520 e. The van der Waals surface area contributed by atoms with E-state index in [1.165, 1.54) is 0 Å². The number of benzene rings is 1. The standard InChI is InChI=1S/C23H29N4O3S.Fm/c1-15-19(31-14-26-15)17-9-7-16(8-10-17)12-24-21(29)18-6-5-11-27(18)22(30)20(25-13-28)23(2,3)4;/h7-10,14,18,20H,5-6,11-12H2,1-4H3,(H,24,29)(H,25,28);/q-1;. The molecule has 0 bridgehead atoms. The van der Waals surface area contributed by atoms with Crippen LogP contribution in [0.1, 0.15) is 44.9 Å². The summed E-state index contributed by atoms with van der Waals surface area (Å²) >= 11 is 1.61. The Morgan fingerprint density at radius 1 is 1.28 bits per heavy atom. The zero-order valence-corrected chi connectivity index (χ0v) is 21.9. The summed E-state index contributed by atoms with van der Waals surface area (Å²) in [5, 5.41) is 5.47. The van der Waals surface area contributed by atoms with Gasteiger partial charge in [0.1, 0.15) is 6.04 Å². The quantitative estimate of drug-likeness (QED) is 0.344. The molecule has 1 saturated heterocycles. The number of hydrogen-bond acceptors (Lipinski definition) is 5. The largest absolute Gasteiger partial charge is 0.520 e. The van der Waals surface area contributed by atoms with Crippen LogP contribution in [0, 0.1) is 12.3 Å². The molecule has 1 fully saturated rings. The number of carbonyl (C=O) groups excluding carboxylic acids is 3. The van der Waals surface area contributed by atoms with Crippen LogP contribution >= 0.6 is 11.3 Å².